The van der Waals surface area contributed by atoms with Crippen molar-refractivity contribution in [1.82, 2.24) is 25.3 Å². The maximum Gasteiger partial charge on any atom is 0.344 e. The fraction of sp³-hybridized carbons (Fsp3) is 0.429. The molecule has 1 aliphatic heterocycles. The number of urea groups is 1. The number of rotatable bonds is 5. The molecule has 0 atom stereocenters. The molecule has 2 fully saturated rings. The number of carbonyl (C=O) groups excluding carboxylic acids is 3. The average Bonchev–Trinajstić information content (AvgIpc) is 3.25. The first-order valence-corrected chi connectivity index (χ1v) is 11.1. The molecule has 2 N–H and O–H groups in total. The monoisotopic (exact) mass is 427 g/mol. The van der Waals surface area contributed by atoms with Gasteiger partial charge in [-0.25, -0.2) is 9.78 Å². The number of hydrazine groups is 1. The van der Waals surface area contributed by atoms with Gasteiger partial charge < -0.3 is 5.32 Å². The van der Waals surface area contributed by atoms with Crippen LogP contribution in [0, 0.1) is 13.8 Å². The summed E-state index contributed by atoms with van der Waals surface area (Å²) >= 11 is 1.25. The molecular formula is C21H25N5O3S. The second-order valence-corrected chi connectivity index (χ2v) is 8.91. The van der Waals surface area contributed by atoms with Gasteiger partial charge in [-0.1, -0.05) is 37.1 Å². The minimum absolute atomic E-state index is 0.0336. The Morgan fingerprint density at radius 2 is 1.87 bits per heavy atom. The first kappa shape index (κ1) is 20.5. The van der Waals surface area contributed by atoms with E-state index in [-0.39, 0.29) is 11.7 Å². The zero-order chi connectivity index (χ0) is 21.3. The molecule has 2 heterocycles. The highest BCUT2D eigenvalue weighted by molar-refractivity contribution is 7.99. The second kappa shape index (κ2) is 8.14. The van der Waals surface area contributed by atoms with Crippen LogP contribution in [0.2, 0.25) is 0 Å². The van der Waals surface area contributed by atoms with Crippen molar-refractivity contribution in [2.24, 2.45) is 0 Å². The predicted octanol–water partition coefficient (Wildman–Crippen LogP) is 2.87. The molecule has 1 aromatic carbocycles. The van der Waals surface area contributed by atoms with Crippen molar-refractivity contribution in [2.75, 3.05) is 5.75 Å². The molecule has 9 heteroatoms. The number of hydrogen-bond donors (Lipinski definition) is 2. The van der Waals surface area contributed by atoms with E-state index in [1.807, 2.05) is 24.6 Å². The van der Waals surface area contributed by atoms with Gasteiger partial charge in [0.1, 0.15) is 5.54 Å². The standard InChI is InChI=1S/C21H25N5O3S/c1-14-10-15(2)12-16(11-14)25-9-8-22-20(25)30-13-17(27)24-26-18(28)21(23-19(26)29)6-4-3-5-7-21/h8-12H,3-7,13H2,1-2H3,(H,23,29)(H,24,27). The van der Waals surface area contributed by atoms with Crippen LogP contribution in [0.25, 0.3) is 5.69 Å². The molecule has 0 bridgehead atoms. The number of amides is 4. The molecule has 1 aliphatic carbocycles. The van der Waals surface area contributed by atoms with Gasteiger partial charge in [0.15, 0.2) is 5.16 Å². The molecular weight excluding hydrogens is 402 g/mol. The van der Waals surface area contributed by atoms with Crippen LogP contribution in [-0.2, 0) is 9.59 Å². The highest BCUT2D eigenvalue weighted by Crippen LogP contribution is 2.33. The third kappa shape index (κ3) is 3.94. The van der Waals surface area contributed by atoms with E-state index in [0.29, 0.717) is 18.0 Å². The summed E-state index contributed by atoms with van der Waals surface area (Å²) in [6.07, 6.45) is 7.61. The molecule has 158 valence electrons. The third-order valence-electron chi connectivity index (χ3n) is 5.53. The Kier molecular flexibility index (Phi) is 5.55. The second-order valence-electron chi connectivity index (χ2n) is 7.96. The lowest BCUT2D eigenvalue weighted by molar-refractivity contribution is -0.139. The van der Waals surface area contributed by atoms with Gasteiger partial charge in [0, 0.05) is 18.1 Å². The molecule has 1 saturated heterocycles. The lowest BCUT2D eigenvalue weighted by atomic mass is 9.82. The number of aryl methyl sites for hydroxylation is 2. The van der Waals surface area contributed by atoms with E-state index in [2.05, 4.69) is 33.9 Å². The van der Waals surface area contributed by atoms with Crippen LogP contribution in [0.5, 0.6) is 0 Å². The molecule has 1 saturated carbocycles. The number of aromatic nitrogens is 2. The van der Waals surface area contributed by atoms with Crippen LogP contribution in [0.1, 0.15) is 43.2 Å². The van der Waals surface area contributed by atoms with Gasteiger partial charge in [-0.3, -0.25) is 19.6 Å². The van der Waals surface area contributed by atoms with Crippen molar-refractivity contribution in [1.29, 1.82) is 0 Å². The van der Waals surface area contributed by atoms with E-state index in [4.69, 9.17) is 0 Å². The third-order valence-corrected chi connectivity index (χ3v) is 6.50. The van der Waals surface area contributed by atoms with Gasteiger partial charge in [-0.2, -0.15) is 5.01 Å². The predicted molar refractivity (Wildman–Crippen MR) is 113 cm³/mol. The van der Waals surface area contributed by atoms with Crippen LogP contribution < -0.4 is 10.7 Å². The maximum absolute atomic E-state index is 12.8. The molecule has 4 rings (SSSR count). The molecule has 2 aromatic rings. The van der Waals surface area contributed by atoms with Gasteiger partial charge >= 0.3 is 6.03 Å². The number of imidazole rings is 1. The van der Waals surface area contributed by atoms with Crippen molar-refractivity contribution >= 4 is 29.6 Å². The van der Waals surface area contributed by atoms with Crippen molar-refractivity contribution in [3.8, 4) is 5.69 Å². The summed E-state index contributed by atoms with van der Waals surface area (Å²) in [6, 6.07) is 5.64. The van der Waals surface area contributed by atoms with Gasteiger partial charge in [0.2, 0.25) is 5.91 Å². The van der Waals surface area contributed by atoms with Gasteiger partial charge in [-0.15, -0.1) is 0 Å². The number of hydrogen-bond acceptors (Lipinski definition) is 5. The number of thioether (sulfide) groups is 1. The fourth-order valence-electron chi connectivity index (χ4n) is 4.19. The van der Waals surface area contributed by atoms with Gasteiger partial charge in [-0.05, 0) is 49.9 Å². The Labute approximate surface area is 179 Å². The summed E-state index contributed by atoms with van der Waals surface area (Å²) < 4.78 is 1.92. The topological polar surface area (TPSA) is 96.3 Å². The van der Waals surface area contributed by atoms with Crippen LogP contribution in [0.4, 0.5) is 4.79 Å². The number of benzene rings is 1. The van der Waals surface area contributed by atoms with Crippen molar-refractivity contribution in [3.63, 3.8) is 0 Å². The number of nitrogens with zero attached hydrogens (tertiary/aromatic N) is 3. The summed E-state index contributed by atoms with van der Waals surface area (Å²) in [5.41, 5.74) is 4.87. The molecule has 0 radical (unpaired) electrons. The molecule has 8 nitrogen and oxygen atoms in total. The van der Waals surface area contributed by atoms with Crippen molar-refractivity contribution in [2.45, 2.75) is 56.6 Å². The molecule has 30 heavy (non-hydrogen) atoms. The zero-order valence-electron chi connectivity index (χ0n) is 17.1. The number of nitrogens with one attached hydrogen (secondary N) is 2. The SMILES string of the molecule is Cc1cc(C)cc(-n2ccnc2SCC(=O)NN2C(=O)NC3(CCCCC3)C2=O)c1. The summed E-state index contributed by atoms with van der Waals surface area (Å²) in [4.78, 5) is 41.9. The molecule has 4 amide bonds. The summed E-state index contributed by atoms with van der Waals surface area (Å²) in [6.45, 7) is 4.07. The van der Waals surface area contributed by atoms with E-state index in [0.717, 1.165) is 41.1 Å². The van der Waals surface area contributed by atoms with Crippen LogP contribution in [-0.4, -0.2) is 43.7 Å². The van der Waals surface area contributed by atoms with Crippen LogP contribution >= 0.6 is 11.8 Å². The lowest BCUT2D eigenvalue weighted by Gasteiger charge is -2.30. The first-order chi connectivity index (χ1) is 14.4. The van der Waals surface area contributed by atoms with Crippen LogP contribution in [0.3, 0.4) is 0 Å². The molecule has 1 spiro atoms. The Bertz CT molecular complexity index is 976. The van der Waals surface area contributed by atoms with E-state index < -0.39 is 17.5 Å². The Balaban J connectivity index is 1.40. The molecule has 0 unspecified atom stereocenters. The fourth-order valence-corrected chi connectivity index (χ4v) is 4.95. The molecule has 2 aliphatic rings. The highest BCUT2D eigenvalue weighted by Gasteiger charge is 2.52. The average molecular weight is 428 g/mol. The summed E-state index contributed by atoms with van der Waals surface area (Å²) in [5, 5.41) is 4.29. The van der Waals surface area contributed by atoms with Gasteiger partial charge in [0.05, 0.1) is 5.75 Å². The maximum atomic E-state index is 12.8. The van der Waals surface area contributed by atoms with E-state index in [9.17, 15) is 14.4 Å². The largest absolute Gasteiger partial charge is 0.344 e. The summed E-state index contributed by atoms with van der Waals surface area (Å²) in [7, 11) is 0. The van der Waals surface area contributed by atoms with Gasteiger partial charge in [0.25, 0.3) is 5.91 Å². The number of imide groups is 1. The Morgan fingerprint density at radius 1 is 1.17 bits per heavy atom. The minimum atomic E-state index is -0.852. The van der Waals surface area contributed by atoms with E-state index >= 15 is 0 Å². The van der Waals surface area contributed by atoms with Crippen molar-refractivity contribution < 1.29 is 14.4 Å². The quantitative estimate of drug-likeness (QED) is 0.565. The normalized spacial score (nSPS) is 18.0. The van der Waals surface area contributed by atoms with E-state index in [1.165, 1.54) is 11.8 Å². The Hall–Kier alpha value is -2.81. The lowest BCUT2D eigenvalue weighted by Crippen LogP contribution is -2.51. The molecule has 1 aromatic heterocycles. The smallest absolute Gasteiger partial charge is 0.322 e. The van der Waals surface area contributed by atoms with Crippen molar-refractivity contribution in [3.05, 3.63) is 41.7 Å². The van der Waals surface area contributed by atoms with Crippen LogP contribution in [0.15, 0.2) is 35.7 Å². The highest BCUT2D eigenvalue weighted by atomic mass is 32.2. The first-order valence-electron chi connectivity index (χ1n) is 10.1. The summed E-state index contributed by atoms with van der Waals surface area (Å²) in [5.74, 6) is -0.750. The van der Waals surface area contributed by atoms with E-state index in [1.54, 1.807) is 6.20 Å². The minimum Gasteiger partial charge on any atom is -0.322 e. The number of carbonyl (C=O) groups is 3. The zero-order valence-corrected chi connectivity index (χ0v) is 17.9. The Morgan fingerprint density at radius 3 is 2.57 bits per heavy atom.